The molecular formula is C13H14F3NO. The summed E-state index contributed by atoms with van der Waals surface area (Å²) in [6, 6.07) is 7.18. The second kappa shape index (κ2) is 6.41. The van der Waals surface area contributed by atoms with Gasteiger partial charge in [-0.2, -0.15) is 18.4 Å². The third-order valence-corrected chi connectivity index (χ3v) is 2.48. The molecule has 0 heterocycles. The fourth-order valence-corrected chi connectivity index (χ4v) is 1.48. The van der Waals surface area contributed by atoms with Crippen molar-refractivity contribution in [2.75, 3.05) is 6.61 Å². The molecule has 0 bridgehead atoms. The Balaban J connectivity index is 2.34. The summed E-state index contributed by atoms with van der Waals surface area (Å²) in [5.41, 5.74) is 2.36. The number of ether oxygens (including phenoxy) is 1. The summed E-state index contributed by atoms with van der Waals surface area (Å²) in [6.45, 7) is 2.20. The van der Waals surface area contributed by atoms with Crippen LogP contribution in [0.1, 0.15) is 29.5 Å². The first-order chi connectivity index (χ1) is 8.42. The molecule has 0 radical (unpaired) electrons. The van der Waals surface area contributed by atoms with E-state index in [1.165, 1.54) is 0 Å². The van der Waals surface area contributed by atoms with Crippen LogP contribution in [-0.2, 0) is 11.3 Å². The average molecular weight is 257 g/mol. The second-order valence-electron chi connectivity index (χ2n) is 4.02. The standard InChI is InChI=1S/C13H14F3NO/c1-10-7-11(8-17)3-4-12(10)9-18-6-2-5-13(14,15)16/h3-4,7H,2,5-6,9H2,1H3. The predicted molar refractivity (Wildman–Crippen MR) is 60.8 cm³/mol. The maximum absolute atomic E-state index is 11.9. The molecule has 98 valence electrons. The summed E-state index contributed by atoms with van der Waals surface area (Å²) in [7, 11) is 0. The van der Waals surface area contributed by atoms with Gasteiger partial charge in [0.25, 0.3) is 0 Å². The number of nitrogens with zero attached hydrogens (tertiary/aromatic N) is 1. The van der Waals surface area contributed by atoms with E-state index in [0.29, 0.717) is 5.56 Å². The highest BCUT2D eigenvalue weighted by atomic mass is 19.4. The van der Waals surface area contributed by atoms with Crippen LogP contribution < -0.4 is 0 Å². The first-order valence-electron chi connectivity index (χ1n) is 5.56. The van der Waals surface area contributed by atoms with Gasteiger partial charge in [-0.1, -0.05) is 6.07 Å². The Hall–Kier alpha value is -1.54. The molecule has 0 spiro atoms. The van der Waals surface area contributed by atoms with Gasteiger partial charge < -0.3 is 4.74 Å². The third-order valence-electron chi connectivity index (χ3n) is 2.48. The molecule has 0 aliphatic heterocycles. The molecular weight excluding hydrogens is 243 g/mol. The minimum Gasteiger partial charge on any atom is -0.377 e. The van der Waals surface area contributed by atoms with E-state index < -0.39 is 12.6 Å². The van der Waals surface area contributed by atoms with Crippen molar-refractivity contribution >= 4 is 0 Å². The lowest BCUT2D eigenvalue weighted by atomic mass is 10.1. The Morgan fingerprint density at radius 1 is 1.33 bits per heavy atom. The molecule has 0 unspecified atom stereocenters. The van der Waals surface area contributed by atoms with Crippen LogP contribution in [0, 0.1) is 18.3 Å². The number of aryl methyl sites for hydroxylation is 1. The molecule has 0 fully saturated rings. The monoisotopic (exact) mass is 257 g/mol. The van der Waals surface area contributed by atoms with Gasteiger partial charge in [0, 0.05) is 13.0 Å². The topological polar surface area (TPSA) is 33.0 Å². The van der Waals surface area contributed by atoms with E-state index in [1.54, 1.807) is 18.2 Å². The van der Waals surface area contributed by atoms with Crippen molar-refractivity contribution in [2.24, 2.45) is 0 Å². The lowest BCUT2D eigenvalue weighted by molar-refractivity contribution is -0.138. The van der Waals surface area contributed by atoms with Crippen molar-refractivity contribution in [2.45, 2.75) is 32.5 Å². The van der Waals surface area contributed by atoms with Crippen LogP contribution in [0.4, 0.5) is 13.2 Å². The molecule has 5 heteroatoms. The van der Waals surface area contributed by atoms with Crippen LogP contribution in [-0.4, -0.2) is 12.8 Å². The number of nitriles is 1. The van der Waals surface area contributed by atoms with Crippen molar-refractivity contribution in [1.82, 2.24) is 0 Å². The van der Waals surface area contributed by atoms with Gasteiger partial charge in [-0.3, -0.25) is 0 Å². The van der Waals surface area contributed by atoms with E-state index in [4.69, 9.17) is 10.00 Å². The molecule has 2 nitrogen and oxygen atoms in total. The molecule has 1 aromatic rings. The van der Waals surface area contributed by atoms with Gasteiger partial charge in [-0.05, 0) is 36.6 Å². The van der Waals surface area contributed by atoms with Gasteiger partial charge in [0.2, 0.25) is 0 Å². The van der Waals surface area contributed by atoms with Gasteiger partial charge in [0.05, 0.1) is 18.2 Å². The smallest absolute Gasteiger partial charge is 0.377 e. The minimum absolute atomic E-state index is 0.0289. The maximum atomic E-state index is 11.9. The first-order valence-corrected chi connectivity index (χ1v) is 5.56. The zero-order valence-electron chi connectivity index (χ0n) is 10.0. The first kappa shape index (κ1) is 14.5. The summed E-state index contributed by atoms with van der Waals surface area (Å²) in [4.78, 5) is 0. The molecule has 0 atom stereocenters. The average Bonchev–Trinajstić information content (AvgIpc) is 2.29. The van der Waals surface area contributed by atoms with Crippen molar-refractivity contribution in [3.05, 3.63) is 34.9 Å². The number of alkyl halides is 3. The summed E-state index contributed by atoms with van der Waals surface area (Å²) >= 11 is 0. The van der Waals surface area contributed by atoms with E-state index >= 15 is 0 Å². The Bertz CT molecular complexity index is 435. The van der Waals surface area contributed by atoms with Crippen LogP contribution in [0.5, 0.6) is 0 Å². The van der Waals surface area contributed by atoms with Crippen LogP contribution in [0.25, 0.3) is 0 Å². The summed E-state index contributed by atoms with van der Waals surface area (Å²) in [5, 5.41) is 8.69. The molecule has 0 aliphatic carbocycles. The number of halogens is 3. The highest BCUT2D eigenvalue weighted by Crippen LogP contribution is 2.21. The zero-order chi connectivity index (χ0) is 13.6. The molecule has 0 amide bonds. The lowest BCUT2D eigenvalue weighted by Gasteiger charge is -2.08. The van der Waals surface area contributed by atoms with Crippen molar-refractivity contribution in [3.63, 3.8) is 0 Å². The Labute approximate surface area is 104 Å². The molecule has 0 saturated heterocycles. The van der Waals surface area contributed by atoms with Gasteiger partial charge in [0.15, 0.2) is 0 Å². The van der Waals surface area contributed by atoms with E-state index in [-0.39, 0.29) is 19.6 Å². The van der Waals surface area contributed by atoms with E-state index in [0.717, 1.165) is 11.1 Å². The van der Waals surface area contributed by atoms with E-state index in [2.05, 4.69) is 0 Å². The van der Waals surface area contributed by atoms with E-state index in [9.17, 15) is 13.2 Å². The third kappa shape index (κ3) is 5.19. The van der Waals surface area contributed by atoms with Gasteiger partial charge in [0.1, 0.15) is 0 Å². The molecule has 0 N–H and O–H groups in total. The largest absolute Gasteiger partial charge is 0.389 e. The SMILES string of the molecule is Cc1cc(C#N)ccc1COCCCC(F)(F)F. The number of benzene rings is 1. The van der Waals surface area contributed by atoms with Crippen molar-refractivity contribution < 1.29 is 17.9 Å². The highest BCUT2D eigenvalue weighted by molar-refractivity contribution is 5.37. The molecule has 0 aromatic heterocycles. The summed E-state index contributed by atoms with van der Waals surface area (Å²) in [5.74, 6) is 0. The fraction of sp³-hybridized carbons (Fsp3) is 0.462. The van der Waals surface area contributed by atoms with Gasteiger partial charge in [-0.25, -0.2) is 0 Å². The number of hydrogen-bond donors (Lipinski definition) is 0. The van der Waals surface area contributed by atoms with Crippen LogP contribution >= 0.6 is 0 Å². The minimum atomic E-state index is -4.12. The number of hydrogen-bond acceptors (Lipinski definition) is 2. The summed E-state index contributed by atoms with van der Waals surface area (Å²) in [6.07, 6.45) is -4.97. The van der Waals surface area contributed by atoms with Crippen LogP contribution in [0.2, 0.25) is 0 Å². The molecule has 0 saturated carbocycles. The normalized spacial score (nSPS) is 11.3. The van der Waals surface area contributed by atoms with Crippen LogP contribution in [0.15, 0.2) is 18.2 Å². The number of rotatable bonds is 5. The quantitative estimate of drug-likeness (QED) is 0.753. The Kier molecular flexibility index (Phi) is 5.17. The van der Waals surface area contributed by atoms with Crippen molar-refractivity contribution in [1.29, 1.82) is 5.26 Å². The van der Waals surface area contributed by atoms with Crippen molar-refractivity contribution in [3.8, 4) is 6.07 Å². The molecule has 1 aromatic carbocycles. The lowest BCUT2D eigenvalue weighted by Crippen LogP contribution is -2.08. The highest BCUT2D eigenvalue weighted by Gasteiger charge is 2.25. The van der Waals surface area contributed by atoms with Gasteiger partial charge in [-0.15, -0.1) is 0 Å². The maximum Gasteiger partial charge on any atom is 0.389 e. The zero-order valence-corrected chi connectivity index (χ0v) is 10.0. The van der Waals surface area contributed by atoms with Gasteiger partial charge >= 0.3 is 6.18 Å². The molecule has 0 aliphatic rings. The predicted octanol–water partition coefficient (Wildman–Crippen LogP) is 3.73. The second-order valence-corrected chi connectivity index (χ2v) is 4.02. The van der Waals surface area contributed by atoms with Crippen LogP contribution in [0.3, 0.4) is 0 Å². The molecule has 1 rings (SSSR count). The summed E-state index contributed by atoms with van der Waals surface area (Å²) < 4.78 is 40.8. The Morgan fingerprint density at radius 3 is 2.61 bits per heavy atom. The fourth-order valence-electron chi connectivity index (χ4n) is 1.48. The Morgan fingerprint density at radius 2 is 2.06 bits per heavy atom. The van der Waals surface area contributed by atoms with E-state index in [1.807, 2.05) is 13.0 Å². The molecule has 18 heavy (non-hydrogen) atoms.